The maximum Gasteiger partial charge on any atom is 0.230 e. The number of rotatable bonds is 5. The van der Waals surface area contributed by atoms with Crippen LogP contribution in [0, 0.1) is 18.3 Å². The van der Waals surface area contributed by atoms with Gasteiger partial charge in [-0.1, -0.05) is 30.3 Å². The summed E-state index contributed by atoms with van der Waals surface area (Å²) in [6.07, 6.45) is 0.896. The second-order valence-electron chi connectivity index (χ2n) is 5.31. The lowest BCUT2D eigenvalue weighted by atomic mass is 10.1. The molecule has 0 bridgehead atoms. The Bertz CT molecular complexity index is 736. The number of aryl methyl sites for hydroxylation is 1. The Morgan fingerprint density at radius 2 is 2.23 bits per heavy atom. The molecule has 0 radical (unpaired) electrons. The number of nitrogens with one attached hydrogen (secondary N) is 1. The summed E-state index contributed by atoms with van der Waals surface area (Å²) < 4.78 is 0. The normalized spacial score (nSPS) is 11.9. The van der Waals surface area contributed by atoms with Gasteiger partial charge in [-0.3, -0.25) is 4.79 Å². The summed E-state index contributed by atoms with van der Waals surface area (Å²) in [5.41, 5.74) is 2.49. The van der Waals surface area contributed by atoms with Crippen molar-refractivity contribution in [3.05, 3.63) is 35.4 Å². The van der Waals surface area contributed by atoms with E-state index in [1.54, 1.807) is 0 Å². The zero-order chi connectivity index (χ0) is 16.1. The highest BCUT2D eigenvalue weighted by molar-refractivity contribution is 8.00. The molecule has 0 fully saturated rings. The van der Waals surface area contributed by atoms with Crippen molar-refractivity contribution in [2.75, 3.05) is 5.75 Å². The van der Waals surface area contributed by atoms with Gasteiger partial charge in [0.2, 0.25) is 5.91 Å². The first-order chi connectivity index (χ1) is 10.5. The first-order valence-electron chi connectivity index (χ1n) is 7.27. The molecular weight excluding hydrogens is 294 g/mol. The minimum atomic E-state index is -0.0333. The topological polar surface area (TPSA) is 65.8 Å². The second kappa shape index (κ2) is 7.28. The van der Waals surface area contributed by atoms with E-state index in [4.69, 9.17) is 0 Å². The highest BCUT2D eigenvalue weighted by Gasteiger charge is 2.11. The third kappa shape index (κ3) is 3.99. The van der Waals surface area contributed by atoms with Gasteiger partial charge in [-0.05, 0) is 38.5 Å². The SMILES string of the molecule is CC[C@H](C)NC(=O)CSc1nc2ccc(C)cc2cc1C#N. The largest absolute Gasteiger partial charge is 0.353 e. The first-order valence-corrected chi connectivity index (χ1v) is 8.25. The van der Waals surface area contributed by atoms with Crippen molar-refractivity contribution in [2.45, 2.75) is 38.3 Å². The van der Waals surface area contributed by atoms with Gasteiger partial charge < -0.3 is 5.32 Å². The molecule has 1 atom stereocenters. The van der Waals surface area contributed by atoms with E-state index in [1.165, 1.54) is 11.8 Å². The summed E-state index contributed by atoms with van der Waals surface area (Å²) in [5, 5.41) is 13.8. The third-order valence-electron chi connectivity index (χ3n) is 3.42. The number of amides is 1. The molecule has 0 saturated heterocycles. The average molecular weight is 313 g/mol. The molecule has 0 saturated carbocycles. The van der Waals surface area contributed by atoms with Crippen LogP contribution in [-0.2, 0) is 4.79 Å². The molecule has 22 heavy (non-hydrogen) atoms. The maximum atomic E-state index is 11.9. The Hall–Kier alpha value is -2.06. The predicted octanol–water partition coefficient (Wildman–Crippen LogP) is 3.42. The fourth-order valence-corrected chi connectivity index (χ4v) is 2.79. The minimum Gasteiger partial charge on any atom is -0.353 e. The lowest BCUT2D eigenvalue weighted by Gasteiger charge is -2.11. The van der Waals surface area contributed by atoms with Gasteiger partial charge in [-0.15, -0.1) is 0 Å². The Morgan fingerprint density at radius 1 is 1.45 bits per heavy atom. The van der Waals surface area contributed by atoms with Crippen LogP contribution in [0.3, 0.4) is 0 Å². The molecule has 1 aromatic carbocycles. The van der Waals surface area contributed by atoms with Gasteiger partial charge in [0.1, 0.15) is 11.1 Å². The molecule has 4 nitrogen and oxygen atoms in total. The predicted molar refractivity (Wildman–Crippen MR) is 89.8 cm³/mol. The smallest absolute Gasteiger partial charge is 0.230 e. The van der Waals surface area contributed by atoms with Crippen molar-refractivity contribution in [3.8, 4) is 6.07 Å². The number of nitriles is 1. The van der Waals surface area contributed by atoms with Gasteiger partial charge >= 0.3 is 0 Å². The van der Waals surface area contributed by atoms with E-state index in [1.807, 2.05) is 45.0 Å². The van der Waals surface area contributed by atoms with E-state index < -0.39 is 0 Å². The van der Waals surface area contributed by atoms with E-state index in [9.17, 15) is 10.1 Å². The van der Waals surface area contributed by atoms with Crippen molar-refractivity contribution in [1.29, 1.82) is 5.26 Å². The van der Waals surface area contributed by atoms with E-state index in [0.29, 0.717) is 10.6 Å². The lowest BCUT2D eigenvalue weighted by molar-refractivity contribution is -0.119. The number of hydrogen-bond donors (Lipinski definition) is 1. The molecule has 1 heterocycles. The first kappa shape index (κ1) is 16.3. The molecule has 2 rings (SSSR count). The average Bonchev–Trinajstić information content (AvgIpc) is 2.51. The molecule has 1 amide bonds. The lowest BCUT2D eigenvalue weighted by Crippen LogP contribution is -2.33. The third-order valence-corrected chi connectivity index (χ3v) is 4.41. The Morgan fingerprint density at radius 3 is 2.91 bits per heavy atom. The fourth-order valence-electron chi connectivity index (χ4n) is 2.02. The molecule has 5 heteroatoms. The summed E-state index contributed by atoms with van der Waals surface area (Å²) in [5.74, 6) is 0.234. The van der Waals surface area contributed by atoms with Gasteiger partial charge in [-0.2, -0.15) is 5.26 Å². The molecule has 0 spiro atoms. The monoisotopic (exact) mass is 313 g/mol. The summed E-state index contributed by atoms with van der Waals surface area (Å²) >= 11 is 1.31. The van der Waals surface area contributed by atoms with Crippen molar-refractivity contribution in [2.24, 2.45) is 0 Å². The Labute approximate surface area is 134 Å². The molecule has 1 N–H and O–H groups in total. The Balaban J connectivity index is 2.18. The van der Waals surface area contributed by atoms with Crippen LogP contribution in [0.1, 0.15) is 31.4 Å². The molecular formula is C17H19N3OS. The number of thioether (sulfide) groups is 1. The van der Waals surface area contributed by atoms with Crippen LogP contribution in [0.25, 0.3) is 10.9 Å². The fraction of sp³-hybridized carbons (Fsp3) is 0.353. The van der Waals surface area contributed by atoms with Crippen LogP contribution >= 0.6 is 11.8 Å². The van der Waals surface area contributed by atoms with Gasteiger partial charge in [0, 0.05) is 11.4 Å². The summed E-state index contributed by atoms with van der Waals surface area (Å²) in [6, 6.07) is 10.1. The Kier molecular flexibility index (Phi) is 5.40. The highest BCUT2D eigenvalue weighted by atomic mass is 32.2. The van der Waals surface area contributed by atoms with Crippen molar-refractivity contribution in [3.63, 3.8) is 0 Å². The van der Waals surface area contributed by atoms with Crippen LogP contribution in [0.2, 0.25) is 0 Å². The van der Waals surface area contributed by atoms with Gasteiger partial charge in [-0.25, -0.2) is 4.98 Å². The molecule has 2 aromatic rings. The maximum absolute atomic E-state index is 11.9. The number of nitrogens with zero attached hydrogens (tertiary/aromatic N) is 2. The van der Waals surface area contributed by atoms with E-state index in [-0.39, 0.29) is 17.7 Å². The number of aromatic nitrogens is 1. The van der Waals surface area contributed by atoms with Crippen molar-refractivity contribution < 1.29 is 4.79 Å². The number of fused-ring (bicyclic) bond motifs is 1. The molecule has 0 aliphatic carbocycles. The van der Waals surface area contributed by atoms with E-state index in [0.717, 1.165) is 22.9 Å². The standard InChI is InChI=1S/C17H19N3OS/c1-4-12(3)19-16(21)10-22-17-14(9-18)8-13-7-11(2)5-6-15(13)20-17/h5-8,12H,4,10H2,1-3H3,(H,19,21)/t12-/m0/s1. The second-order valence-corrected chi connectivity index (χ2v) is 6.28. The van der Waals surface area contributed by atoms with Gasteiger partial charge in [0.25, 0.3) is 0 Å². The number of benzene rings is 1. The number of carbonyl (C=O) groups is 1. The van der Waals surface area contributed by atoms with Crippen LogP contribution in [0.5, 0.6) is 0 Å². The number of carbonyl (C=O) groups excluding carboxylic acids is 1. The van der Waals surface area contributed by atoms with Crippen molar-refractivity contribution >= 4 is 28.6 Å². The summed E-state index contributed by atoms with van der Waals surface area (Å²) in [6.45, 7) is 6.01. The van der Waals surface area contributed by atoms with E-state index >= 15 is 0 Å². The van der Waals surface area contributed by atoms with Gasteiger partial charge in [0.05, 0.1) is 16.8 Å². The van der Waals surface area contributed by atoms with Crippen LogP contribution < -0.4 is 5.32 Å². The minimum absolute atomic E-state index is 0.0333. The van der Waals surface area contributed by atoms with Crippen LogP contribution in [0.15, 0.2) is 29.3 Å². The summed E-state index contributed by atoms with van der Waals surface area (Å²) in [4.78, 5) is 16.4. The van der Waals surface area contributed by atoms with Crippen molar-refractivity contribution in [1.82, 2.24) is 10.3 Å². The van der Waals surface area contributed by atoms with E-state index in [2.05, 4.69) is 16.4 Å². The molecule has 114 valence electrons. The van der Waals surface area contributed by atoms with Gasteiger partial charge in [0.15, 0.2) is 0 Å². The quantitative estimate of drug-likeness (QED) is 0.859. The molecule has 0 unspecified atom stereocenters. The zero-order valence-electron chi connectivity index (χ0n) is 13.0. The van der Waals surface area contributed by atoms with Crippen LogP contribution in [-0.4, -0.2) is 22.7 Å². The number of hydrogen-bond acceptors (Lipinski definition) is 4. The number of pyridine rings is 1. The summed E-state index contributed by atoms with van der Waals surface area (Å²) in [7, 11) is 0. The van der Waals surface area contributed by atoms with Crippen LogP contribution in [0.4, 0.5) is 0 Å². The molecule has 1 aromatic heterocycles. The molecule has 0 aliphatic rings. The molecule has 0 aliphatic heterocycles. The highest BCUT2D eigenvalue weighted by Crippen LogP contribution is 2.25. The zero-order valence-corrected chi connectivity index (χ0v) is 13.8.